The van der Waals surface area contributed by atoms with E-state index in [1.807, 2.05) is 0 Å². The minimum Gasteiger partial charge on any atom is -0.477 e. The van der Waals surface area contributed by atoms with Gasteiger partial charge in [-0.1, -0.05) is 35.3 Å². The average Bonchev–Trinajstić information content (AvgIpc) is 3.49. The lowest BCUT2D eigenvalue weighted by molar-refractivity contribution is -0.160. The Morgan fingerprint density at radius 1 is 1.30 bits per heavy atom. The van der Waals surface area contributed by atoms with E-state index in [0.29, 0.717) is 4.91 Å². The number of aromatic nitrogens is 3. The number of oxime groups is 1. The maximum atomic E-state index is 13.1. The maximum absolute atomic E-state index is 13.1. The second kappa shape index (κ2) is 13.0. The Bertz CT molecular complexity index is 1630. The van der Waals surface area contributed by atoms with Crippen LogP contribution in [0.3, 0.4) is 0 Å². The number of hydrogen-bond acceptors (Lipinski definition) is 14. The minimum atomic E-state index is -1.38. The first-order valence-corrected chi connectivity index (χ1v) is 14.6. The van der Waals surface area contributed by atoms with Crippen molar-refractivity contribution >= 4 is 53.0 Å². The fraction of sp³-hybridized carbons (Fsp3) is 0.385. The molecule has 0 aromatic carbocycles. The molecule has 1 saturated heterocycles. The first-order chi connectivity index (χ1) is 20.7. The van der Waals surface area contributed by atoms with Crippen molar-refractivity contribution in [1.82, 2.24) is 25.0 Å². The van der Waals surface area contributed by atoms with E-state index >= 15 is 0 Å². The Morgan fingerprint density at radius 3 is 2.64 bits per heavy atom. The number of fused-ring (bicyclic) bond motifs is 1. The molecule has 4 rings (SSSR count). The molecule has 0 aliphatic carbocycles. The van der Waals surface area contributed by atoms with Crippen molar-refractivity contribution in [3.63, 3.8) is 0 Å². The summed E-state index contributed by atoms with van der Waals surface area (Å²) in [7, 11) is 2.74. The fourth-order valence-electron chi connectivity index (χ4n) is 3.88. The number of hydrogen-bond donors (Lipinski definition) is 2. The summed E-state index contributed by atoms with van der Waals surface area (Å²) in [5.41, 5.74) is -1.88. The van der Waals surface area contributed by atoms with Gasteiger partial charge in [-0.2, -0.15) is 4.98 Å². The zero-order chi connectivity index (χ0) is 32.3. The molecule has 16 nitrogen and oxygen atoms in total. The van der Waals surface area contributed by atoms with Crippen molar-refractivity contribution in [2.75, 3.05) is 19.7 Å². The molecule has 0 radical (unpaired) electrons. The monoisotopic (exact) mass is 648 g/mol. The molecule has 18 heteroatoms. The standard InChI is InChI=1S/C26H28N6O10S2/c1-12-13(10-43-25-28-19(34)20(29-31(25)5)41-11-42-24(38)26(2,3)4)17(23(36)37)32-21(35)16(22(32)44-12)27-18(33)15(30-39-6)14-8-7-9-40-14/h7-9,16,22H,1,10-11H2,2-6H3,(H,27,33)(H,36,37)/t16-,22-/m1/s1. The summed E-state index contributed by atoms with van der Waals surface area (Å²) in [6.45, 7) is 8.43. The lowest BCUT2D eigenvalue weighted by Crippen LogP contribution is -2.70. The van der Waals surface area contributed by atoms with Crippen LogP contribution < -0.4 is 15.6 Å². The normalized spacial score (nSPS) is 18.4. The van der Waals surface area contributed by atoms with Crippen molar-refractivity contribution in [1.29, 1.82) is 0 Å². The minimum absolute atomic E-state index is 0.0323. The third-order valence-corrected chi connectivity index (χ3v) is 8.35. The number of carbonyl (C=O) groups excluding carboxylic acids is 3. The van der Waals surface area contributed by atoms with Gasteiger partial charge in [-0.05, 0) is 32.9 Å². The summed E-state index contributed by atoms with van der Waals surface area (Å²) in [4.78, 5) is 72.8. The number of allylic oxidation sites excluding steroid dienone is 1. The van der Waals surface area contributed by atoms with Crippen molar-refractivity contribution < 1.29 is 43.0 Å². The zero-order valence-electron chi connectivity index (χ0n) is 24.2. The number of amides is 2. The highest BCUT2D eigenvalue weighted by Gasteiger charge is 2.55. The number of carboxylic acid groups (broad SMARTS) is 1. The van der Waals surface area contributed by atoms with Crippen LogP contribution in [-0.2, 0) is 35.8 Å². The first kappa shape index (κ1) is 32.3. The smallest absolute Gasteiger partial charge is 0.353 e. The van der Waals surface area contributed by atoms with E-state index in [2.05, 4.69) is 27.1 Å². The maximum Gasteiger partial charge on any atom is 0.353 e. The summed E-state index contributed by atoms with van der Waals surface area (Å²) >= 11 is 2.09. The van der Waals surface area contributed by atoms with Crippen LogP contribution in [0.1, 0.15) is 26.5 Å². The SMILES string of the molecule is C=C1S[C@@H]2[C@H](NC(=O)C(=NOC)c3ccco3)C(=O)N2C(C(=O)O)=C1CSc1nc(=O)c(OCOC(=O)C(C)(C)C)nn1C. The van der Waals surface area contributed by atoms with Gasteiger partial charge < -0.3 is 29.2 Å². The number of carbonyl (C=O) groups is 4. The highest BCUT2D eigenvalue weighted by molar-refractivity contribution is 8.04. The van der Waals surface area contributed by atoms with Gasteiger partial charge in [-0.3, -0.25) is 24.1 Å². The molecule has 0 spiro atoms. The van der Waals surface area contributed by atoms with E-state index in [9.17, 15) is 29.1 Å². The number of aliphatic carboxylic acids is 1. The van der Waals surface area contributed by atoms with Crippen LogP contribution in [0.5, 0.6) is 5.88 Å². The van der Waals surface area contributed by atoms with E-state index in [-0.39, 0.29) is 33.7 Å². The average molecular weight is 649 g/mol. The third-order valence-electron chi connectivity index (χ3n) is 6.05. The summed E-state index contributed by atoms with van der Waals surface area (Å²) in [6.07, 6.45) is 1.34. The molecular formula is C26H28N6O10S2. The summed E-state index contributed by atoms with van der Waals surface area (Å²) in [5.74, 6) is -3.63. The predicted molar refractivity (Wildman–Crippen MR) is 155 cm³/mol. The molecule has 2 N–H and O–H groups in total. The van der Waals surface area contributed by atoms with Crippen molar-refractivity contribution in [3.8, 4) is 5.88 Å². The number of β-lactam (4-membered cyclic amide) rings is 1. The van der Waals surface area contributed by atoms with Crippen LogP contribution in [0.25, 0.3) is 0 Å². The molecule has 2 atom stereocenters. The first-order valence-electron chi connectivity index (χ1n) is 12.7. The molecule has 2 aliphatic rings. The Labute approximate surface area is 258 Å². The van der Waals surface area contributed by atoms with Gasteiger partial charge in [0.15, 0.2) is 10.9 Å². The Hall–Kier alpha value is -4.58. The van der Waals surface area contributed by atoms with Gasteiger partial charge in [-0.15, -0.1) is 5.10 Å². The van der Waals surface area contributed by atoms with Gasteiger partial charge in [0.05, 0.1) is 11.7 Å². The number of nitrogens with one attached hydrogen (secondary N) is 1. The number of carboxylic acids is 1. The number of aryl methyl sites for hydroxylation is 1. The van der Waals surface area contributed by atoms with E-state index in [1.165, 1.54) is 31.2 Å². The van der Waals surface area contributed by atoms with Crippen LogP contribution in [-0.4, -0.2) is 85.3 Å². The largest absolute Gasteiger partial charge is 0.477 e. The van der Waals surface area contributed by atoms with E-state index < -0.39 is 58.8 Å². The van der Waals surface area contributed by atoms with Gasteiger partial charge in [-0.25, -0.2) is 9.48 Å². The quantitative estimate of drug-likeness (QED) is 0.0874. The molecule has 2 amide bonds. The fourth-order valence-corrected chi connectivity index (χ4v) is 6.17. The Kier molecular flexibility index (Phi) is 9.53. The molecule has 234 valence electrons. The molecular weight excluding hydrogens is 620 g/mol. The molecule has 44 heavy (non-hydrogen) atoms. The highest BCUT2D eigenvalue weighted by Crippen LogP contribution is 2.46. The molecule has 0 bridgehead atoms. The van der Waals surface area contributed by atoms with Gasteiger partial charge >= 0.3 is 23.4 Å². The lowest BCUT2D eigenvalue weighted by atomic mass is 9.98. The van der Waals surface area contributed by atoms with Gasteiger partial charge in [0.2, 0.25) is 12.5 Å². The molecule has 2 aromatic rings. The number of ether oxygens (including phenoxy) is 2. The number of rotatable bonds is 11. The second-order valence-electron chi connectivity index (χ2n) is 10.2. The van der Waals surface area contributed by atoms with Crippen LogP contribution >= 0.6 is 23.5 Å². The predicted octanol–water partition coefficient (Wildman–Crippen LogP) is 1.09. The molecule has 0 saturated carbocycles. The molecule has 0 unspecified atom stereocenters. The number of nitrogens with zero attached hydrogens (tertiary/aromatic N) is 5. The third kappa shape index (κ3) is 6.65. The molecule has 1 fully saturated rings. The summed E-state index contributed by atoms with van der Waals surface area (Å²) in [5, 5.41) is 19.6. The van der Waals surface area contributed by atoms with Crippen LogP contribution in [0.15, 0.2) is 60.7 Å². The highest BCUT2D eigenvalue weighted by atomic mass is 32.2. The van der Waals surface area contributed by atoms with Gasteiger partial charge in [0, 0.05) is 23.3 Å². The van der Waals surface area contributed by atoms with Crippen molar-refractivity contribution in [2.45, 2.75) is 37.3 Å². The topological polar surface area (TPSA) is 205 Å². The number of furan rings is 1. The second-order valence-corrected chi connectivity index (χ2v) is 12.3. The zero-order valence-corrected chi connectivity index (χ0v) is 25.8. The molecule has 2 aliphatic heterocycles. The van der Waals surface area contributed by atoms with Gasteiger partial charge in [0.25, 0.3) is 11.8 Å². The number of esters is 1. The molecule has 2 aromatic heterocycles. The summed E-state index contributed by atoms with van der Waals surface area (Å²) in [6, 6.07) is 1.96. The molecule has 4 heterocycles. The van der Waals surface area contributed by atoms with Crippen molar-refractivity contribution in [3.05, 3.63) is 57.3 Å². The van der Waals surface area contributed by atoms with Crippen molar-refractivity contribution in [2.24, 2.45) is 17.6 Å². The Balaban J connectivity index is 1.47. The van der Waals surface area contributed by atoms with Crippen LogP contribution in [0.4, 0.5) is 0 Å². The van der Waals surface area contributed by atoms with E-state index in [4.69, 9.17) is 18.7 Å². The lowest BCUT2D eigenvalue weighted by Gasteiger charge is -2.49. The summed E-state index contributed by atoms with van der Waals surface area (Å²) < 4.78 is 16.6. The number of thioether (sulfide) groups is 2. The van der Waals surface area contributed by atoms with Crippen LogP contribution in [0, 0.1) is 5.41 Å². The van der Waals surface area contributed by atoms with Gasteiger partial charge in [0.1, 0.15) is 24.2 Å². The van der Waals surface area contributed by atoms with Crippen LogP contribution in [0.2, 0.25) is 0 Å². The van der Waals surface area contributed by atoms with E-state index in [0.717, 1.165) is 28.4 Å². The van der Waals surface area contributed by atoms with E-state index in [1.54, 1.807) is 26.8 Å². The Morgan fingerprint density at radius 2 is 2.02 bits per heavy atom.